The molecule has 1 amide bonds. The molecule has 1 fully saturated rings. The van der Waals surface area contributed by atoms with Gasteiger partial charge in [0.25, 0.3) is 5.91 Å². The van der Waals surface area contributed by atoms with Gasteiger partial charge in [0.2, 0.25) is 0 Å². The molecule has 8 heteroatoms. The third-order valence-corrected chi connectivity index (χ3v) is 5.23. The number of hydrogen-bond donors (Lipinski definition) is 1. The summed E-state index contributed by atoms with van der Waals surface area (Å²) in [6, 6.07) is 4.52. The fourth-order valence-electron chi connectivity index (χ4n) is 1.94. The third kappa shape index (κ3) is 4.01. The van der Waals surface area contributed by atoms with Crippen LogP contribution in [-0.2, 0) is 14.6 Å². The molecular formula is C12H13Cl2NO4S. The van der Waals surface area contributed by atoms with E-state index in [1.54, 1.807) is 18.2 Å². The summed E-state index contributed by atoms with van der Waals surface area (Å²) >= 11 is 11.8. The SMILES string of the molecule is O=C(COc1c(Cl)cccc1Cl)N[C@@H]1CCS(=O)(=O)C1. The number of ether oxygens (including phenoxy) is 1. The van der Waals surface area contributed by atoms with E-state index in [1.165, 1.54) is 0 Å². The summed E-state index contributed by atoms with van der Waals surface area (Å²) in [6.45, 7) is -0.264. The molecule has 0 aliphatic carbocycles. The average molecular weight is 338 g/mol. The fraction of sp³-hybridized carbons (Fsp3) is 0.417. The summed E-state index contributed by atoms with van der Waals surface area (Å²) in [4.78, 5) is 11.7. The molecule has 20 heavy (non-hydrogen) atoms. The number of hydrogen-bond acceptors (Lipinski definition) is 4. The number of amides is 1. The topological polar surface area (TPSA) is 72.5 Å². The van der Waals surface area contributed by atoms with Crippen LogP contribution < -0.4 is 10.1 Å². The Balaban J connectivity index is 1.87. The molecule has 1 heterocycles. The van der Waals surface area contributed by atoms with E-state index < -0.39 is 15.7 Å². The summed E-state index contributed by atoms with van der Waals surface area (Å²) in [5, 5.41) is 3.24. The quantitative estimate of drug-likeness (QED) is 0.907. The zero-order chi connectivity index (χ0) is 14.8. The molecule has 1 aromatic rings. The van der Waals surface area contributed by atoms with Gasteiger partial charge in [0.15, 0.2) is 22.2 Å². The maximum atomic E-state index is 11.7. The predicted molar refractivity (Wildman–Crippen MR) is 77.2 cm³/mol. The van der Waals surface area contributed by atoms with Gasteiger partial charge >= 0.3 is 0 Å². The van der Waals surface area contributed by atoms with Gasteiger partial charge in [-0.2, -0.15) is 0 Å². The van der Waals surface area contributed by atoms with E-state index >= 15 is 0 Å². The number of benzene rings is 1. The van der Waals surface area contributed by atoms with Crippen molar-refractivity contribution in [3.63, 3.8) is 0 Å². The van der Waals surface area contributed by atoms with Gasteiger partial charge in [0.05, 0.1) is 21.6 Å². The van der Waals surface area contributed by atoms with Crippen molar-refractivity contribution in [1.29, 1.82) is 0 Å². The van der Waals surface area contributed by atoms with Crippen LogP contribution in [0.15, 0.2) is 18.2 Å². The number of halogens is 2. The lowest BCUT2D eigenvalue weighted by Crippen LogP contribution is -2.38. The zero-order valence-electron chi connectivity index (χ0n) is 10.4. The van der Waals surface area contributed by atoms with Crippen molar-refractivity contribution in [3.05, 3.63) is 28.2 Å². The second-order valence-electron chi connectivity index (χ2n) is 4.51. The van der Waals surface area contributed by atoms with Crippen LogP contribution in [0.1, 0.15) is 6.42 Å². The highest BCUT2D eigenvalue weighted by molar-refractivity contribution is 7.91. The fourth-order valence-corrected chi connectivity index (χ4v) is 4.12. The smallest absolute Gasteiger partial charge is 0.258 e. The van der Waals surface area contributed by atoms with Crippen LogP contribution in [-0.4, -0.2) is 38.5 Å². The minimum atomic E-state index is -3.02. The normalized spacial score (nSPS) is 20.6. The van der Waals surface area contributed by atoms with Crippen LogP contribution in [0.4, 0.5) is 0 Å². The van der Waals surface area contributed by atoms with Crippen molar-refractivity contribution in [1.82, 2.24) is 5.32 Å². The largest absolute Gasteiger partial charge is 0.481 e. The first-order valence-electron chi connectivity index (χ1n) is 5.94. The molecule has 1 aliphatic rings. The molecule has 0 saturated carbocycles. The number of para-hydroxylation sites is 1. The maximum Gasteiger partial charge on any atom is 0.258 e. The second kappa shape index (κ2) is 6.20. The Morgan fingerprint density at radius 2 is 2.00 bits per heavy atom. The number of nitrogens with one attached hydrogen (secondary N) is 1. The number of sulfone groups is 1. The highest BCUT2D eigenvalue weighted by atomic mass is 35.5. The van der Waals surface area contributed by atoms with E-state index in [-0.39, 0.29) is 29.9 Å². The third-order valence-electron chi connectivity index (χ3n) is 2.86. The zero-order valence-corrected chi connectivity index (χ0v) is 12.8. The Labute approximate surface area is 127 Å². The minimum Gasteiger partial charge on any atom is -0.481 e. The van der Waals surface area contributed by atoms with Gasteiger partial charge in [-0.15, -0.1) is 0 Å². The van der Waals surface area contributed by atoms with Crippen LogP contribution in [0, 0.1) is 0 Å². The highest BCUT2D eigenvalue weighted by Crippen LogP contribution is 2.32. The van der Waals surface area contributed by atoms with E-state index in [2.05, 4.69) is 5.32 Å². The van der Waals surface area contributed by atoms with E-state index in [4.69, 9.17) is 27.9 Å². The number of rotatable bonds is 4. The molecule has 0 aromatic heterocycles. The Hall–Kier alpha value is -0.980. The Kier molecular flexibility index (Phi) is 4.78. The summed E-state index contributed by atoms with van der Waals surface area (Å²) < 4.78 is 27.8. The van der Waals surface area contributed by atoms with Gasteiger partial charge in [0.1, 0.15) is 0 Å². The molecule has 5 nitrogen and oxygen atoms in total. The van der Waals surface area contributed by atoms with Gasteiger partial charge in [-0.1, -0.05) is 29.3 Å². The van der Waals surface area contributed by atoms with Crippen LogP contribution in [0.25, 0.3) is 0 Å². The van der Waals surface area contributed by atoms with Crippen molar-refractivity contribution in [3.8, 4) is 5.75 Å². The van der Waals surface area contributed by atoms with E-state index in [9.17, 15) is 13.2 Å². The van der Waals surface area contributed by atoms with E-state index in [1.807, 2.05) is 0 Å². The molecule has 0 spiro atoms. The van der Waals surface area contributed by atoms with Gasteiger partial charge < -0.3 is 10.1 Å². The van der Waals surface area contributed by atoms with E-state index in [0.29, 0.717) is 16.5 Å². The molecule has 1 N–H and O–H groups in total. The van der Waals surface area contributed by atoms with Crippen molar-refractivity contribution in [2.24, 2.45) is 0 Å². The average Bonchev–Trinajstić information content (AvgIpc) is 2.68. The van der Waals surface area contributed by atoms with Crippen molar-refractivity contribution in [2.45, 2.75) is 12.5 Å². The molecule has 2 rings (SSSR count). The molecule has 110 valence electrons. The predicted octanol–water partition coefficient (Wildman–Crippen LogP) is 1.68. The molecule has 1 atom stereocenters. The first kappa shape index (κ1) is 15.4. The molecule has 0 radical (unpaired) electrons. The van der Waals surface area contributed by atoms with Crippen molar-refractivity contribution >= 4 is 38.9 Å². The van der Waals surface area contributed by atoms with Crippen molar-refractivity contribution in [2.75, 3.05) is 18.1 Å². The lowest BCUT2D eigenvalue weighted by atomic mass is 10.2. The molecule has 0 bridgehead atoms. The van der Waals surface area contributed by atoms with Crippen molar-refractivity contribution < 1.29 is 17.9 Å². The summed E-state index contributed by atoms with van der Waals surface area (Å²) in [5.74, 6) is -0.0751. The monoisotopic (exact) mass is 337 g/mol. The number of carbonyl (C=O) groups is 1. The van der Waals surface area contributed by atoms with Gasteiger partial charge in [0, 0.05) is 6.04 Å². The molecule has 1 aliphatic heterocycles. The highest BCUT2D eigenvalue weighted by Gasteiger charge is 2.28. The molecule has 0 unspecified atom stereocenters. The maximum absolute atomic E-state index is 11.7. The van der Waals surface area contributed by atoms with Gasteiger partial charge in [-0.05, 0) is 18.6 Å². The minimum absolute atomic E-state index is 0.0222. The summed E-state index contributed by atoms with van der Waals surface area (Å²) in [5.41, 5.74) is 0. The van der Waals surface area contributed by atoms with Crippen LogP contribution in [0.2, 0.25) is 10.0 Å². The first-order chi connectivity index (χ1) is 9.37. The summed E-state index contributed by atoms with van der Waals surface area (Å²) in [7, 11) is -3.02. The Morgan fingerprint density at radius 3 is 2.55 bits per heavy atom. The second-order valence-corrected chi connectivity index (χ2v) is 7.55. The van der Waals surface area contributed by atoms with Crippen LogP contribution in [0.3, 0.4) is 0 Å². The first-order valence-corrected chi connectivity index (χ1v) is 8.52. The van der Waals surface area contributed by atoms with Crippen LogP contribution >= 0.6 is 23.2 Å². The Morgan fingerprint density at radius 1 is 1.35 bits per heavy atom. The van der Waals surface area contributed by atoms with Crippen LogP contribution in [0.5, 0.6) is 5.75 Å². The summed E-state index contributed by atoms with van der Waals surface area (Å²) in [6.07, 6.45) is 0.431. The molecule has 1 saturated heterocycles. The lowest BCUT2D eigenvalue weighted by Gasteiger charge is -2.13. The molecule has 1 aromatic carbocycles. The van der Waals surface area contributed by atoms with E-state index in [0.717, 1.165) is 0 Å². The van der Waals surface area contributed by atoms with Gasteiger partial charge in [-0.3, -0.25) is 4.79 Å². The molecular weight excluding hydrogens is 325 g/mol. The Bertz CT molecular complexity index is 598. The standard InChI is InChI=1S/C12H13Cl2NO4S/c13-9-2-1-3-10(14)12(9)19-6-11(16)15-8-4-5-20(17,18)7-8/h1-3,8H,4-7H2,(H,15,16)/t8-/m1/s1. The number of carbonyl (C=O) groups excluding carboxylic acids is 1. The van der Waals surface area contributed by atoms with Gasteiger partial charge in [-0.25, -0.2) is 8.42 Å². The lowest BCUT2D eigenvalue weighted by molar-refractivity contribution is -0.123.